The summed E-state index contributed by atoms with van der Waals surface area (Å²) in [5, 5.41) is 1.91. The van der Waals surface area contributed by atoms with Crippen molar-refractivity contribution in [1.82, 2.24) is 4.98 Å². The first-order chi connectivity index (χ1) is 11.0. The second kappa shape index (κ2) is 6.38. The molecule has 1 N–H and O–H groups in total. The van der Waals surface area contributed by atoms with Gasteiger partial charge in [-0.05, 0) is 42.2 Å². The Balaban J connectivity index is 2.21. The maximum atomic E-state index is 11.7. The fourth-order valence-electron chi connectivity index (χ4n) is 2.77. The van der Waals surface area contributed by atoms with E-state index in [1.165, 1.54) is 5.56 Å². The zero-order chi connectivity index (χ0) is 16.6. The summed E-state index contributed by atoms with van der Waals surface area (Å²) in [6.45, 7) is 4.35. The van der Waals surface area contributed by atoms with Crippen molar-refractivity contribution in [3.8, 4) is 11.3 Å². The normalized spacial score (nSPS) is 12.5. The number of nitrogens with one attached hydrogen (secondary N) is 1. The number of carbonyl (C=O) groups is 1. The van der Waals surface area contributed by atoms with E-state index in [2.05, 4.69) is 31.0 Å². The van der Waals surface area contributed by atoms with Crippen molar-refractivity contribution in [2.75, 3.05) is 0 Å². The molecule has 0 saturated heterocycles. The summed E-state index contributed by atoms with van der Waals surface area (Å²) in [7, 11) is 0. The standard InChI is InChI=1S/C19H17Cl2NO/c1-3-11(2)12-5-7-18-14(8-12)15(10-23)19(22-18)13-4-6-16(20)17(21)9-13/h4-11,22H,3H2,1-2H3. The number of benzene rings is 2. The number of carbonyl (C=O) groups excluding carboxylic acids is 1. The second-order valence-electron chi connectivity index (χ2n) is 5.77. The summed E-state index contributed by atoms with van der Waals surface area (Å²) in [4.78, 5) is 15.0. The molecule has 1 aromatic heterocycles. The van der Waals surface area contributed by atoms with Crippen LogP contribution in [0.2, 0.25) is 10.0 Å². The monoisotopic (exact) mass is 345 g/mol. The molecule has 0 radical (unpaired) electrons. The van der Waals surface area contributed by atoms with Gasteiger partial charge in [0.2, 0.25) is 0 Å². The first-order valence-electron chi connectivity index (χ1n) is 7.61. The van der Waals surface area contributed by atoms with E-state index >= 15 is 0 Å². The highest BCUT2D eigenvalue weighted by Crippen LogP contribution is 2.34. The maximum Gasteiger partial charge on any atom is 0.152 e. The third kappa shape index (κ3) is 2.89. The molecule has 2 aromatic carbocycles. The van der Waals surface area contributed by atoms with Gasteiger partial charge < -0.3 is 4.98 Å². The quantitative estimate of drug-likeness (QED) is 0.540. The number of aldehydes is 1. The third-order valence-corrected chi connectivity index (χ3v) is 5.11. The van der Waals surface area contributed by atoms with Gasteiger partial charge in [0.05, 0.1) is 15.7 Å². The molecule has 0 saturated carbocycles. The average molecular weight is 346 g/mol. The molecule has 3 aromatic rings. The molecule has 0 aliphatic rings. The van der Waals surface area contributed by atoms with Crippen LogP contribution in [0.1, 0.15) is 42.1 Å². The summed E-state index contributed by atoms with van der Waals surface area (Å²) >= 11 is 12.1. The second-order valence-corrected chi connectivity index (χ2v) is 6.59. The van der Waals surface area contributed by atoms with E-state index in [1.807, 2.05) is 12.1 Å². The number of aromatic nitrogens is 1. The zero-order valence-corrected chi connectivity index (χ0v) is 14.5. The minimum absolute atomic E-state index is 0.460. The number of hydrogen-bond donors (Lipinski definition) is 1. The van der Waals surface area contributed by atoms with Gasteiger partial charge in [0.1, 0.15) is 0 Å². The lowest BCUT2D eigenvalue weighted by Gasteiger charge is -2.08. The van der Waals surface area contributed by atoms with E-state index in [4.69, 9.17) is 23.2 Å². The molecule has 1 unspecified atom stereocenters. The fraction of sp³-hybridized carbons (Fsp3) is 0.211. The first kappa shape index (κ1) is 16.1. The van der Waals surface area contributed by atoms with E-state index in [0.29, 0.717) is 21.5 Å². The smallest absolute Gasteiger partial charge is 0.152 e. The highest BCUT2D eigenvalue weighted by Gasteiger charge is 2.15. The number of aromatic amines is 1. The molecule has 1 atom stereocenters. The summed E-state index contributed by atoms with van der Waals surface area (Å²) in [6.07, 6.45) is 1.96. The minimum Gasteiger partial charge on any atom is -0.354 e. The largest absolute Gasteiger partial charge is 0.354 e. The van der Waals surface area contributed by atoms with Crippen molar-refractivity contribution in [3.63, 3.8) is 0 Å². The molecule has 0 bridgehead atoms. The summed E-state index contributed by atoms with van der Waals surface area (Å²) < 4.78 is 0. The van der Waals surface area contributed by atoms with Gasteiger partial charge in [-0.15, -0.1) is 0 Å². The van der Waals surface area contributed by atoms with E-state index in [1.54, 1.807) is 12.1 Å². The Morgan fingerprint density at radius 1 is 1.13 bits per heavy atom. The lowest BCUT2D eigenvalue weighted by molar-refractivity contribution is 0.112. The Bertz CT molecular complexity index is 882. The molecule has 3 rings (SSSR count). The molecular weight excluding hydrogens is 329 g/mol. The average Bonchev–Trinajstić information content (AvgIpc) is 2.94. The van der Waals surface area contributed by atoms with Crippen LogP contribution in [0.4, 0.5) is 0 Å². The van der Waals surface area contributed by atoms with Gasteiger partial charge in [0.15, 0.2) is 6.29 Å². The van der Waals surface area contributed by atoms with Crippen molar-refractivity contribution < 1.29 is 4.79 Å². The van der Waals surface area contributed by atoms with Crippen LogP contribution in [-0.4, -0.2) is 11.3 Å². The van der Waals surface area contributed by atoms with E-state index in [9.17, 15) is 4.79 Å². The van der Waals surface area contributed by atoms with Gasteiger partial charge in [-0.25, -0.2) is 0 Å². The van der Waals surface area contributed by atoms with Gasteiger partial charge in [-0.2, -0.15) is 0 Å². The molecule has 0 aliphatic heterocycles. The van der Waals surface area contributed by atoms with E-state index in [-0.39, 0.29) is 0 Å². The Labute approximate surface area is 145 Å². The Morgan fingerprint density at radius 2 is 1.91 bits per heavy atom. The summed E-state index contributed by atoms with van der Waals surface area (Å²) in [5.41, 5.74) is 4.46. The van der Waals surface area contributed by atoms with Crippen molar-refractivity contribution >= 4 is 40.4 Å². The molecule has 23 heavy (non-hydrogen) atoms. The predicted molar refractivity (Wildman–Crippen MR) is 97.8 cm³/mol. The number of fused-ring (bicyclic) bond motifs is 1. The van der Waals surface area contributed by atoms with Crippen LogP contribution < -0.4 is 0 Å². The summed E-state index contributed by atoms with van der Waals surface area (Å²) in [6, 6.07) is 11.6. The first-order valence-corrected chi connectivity index (χ1v) is 8.37. The van der Waals surface area contributed by atoms with Crippen molar-refractivity contribution in [2.24, 2.45) is 0 Å². The van der Waals surface area contributed by atoms with Crippen molar-refractivity contribution in [2.45, 2.75) is 26.2 Å². The van der Waals surface area contributed by atoms with Gasteiger partial charge in [-0.3, -0.25) is 4.79 Å². The molecular formula is C19H17Cl2NO. The molecule has 4 heteroatoms. The van der Waals surface area contributed by atoms with Gasteiger partial charge in [-0.1, -0.05) is 49.2 Å². The minimum atomic E-state index is 0.460. The van der Waals surface area contributed by atoms with Crippen LogP contribution in [0.3, 0.4) is 0 Å². The van der Waals surface area contributed by atoms with Gasteiger partial charge >= 0.3 is 0 Å². The van der Waals surface area contributed by atoms with Gasteiger partial charge in [0.25, 0.3) is 0 Å². The van der Waals surface area contributed by atoms with Crippen LogP contribution in [-0.2, 0) is 0 Å². The molecule has 0 fully saturated rings. The number of halogens is 2. The Hall–Kier alpha value is -1.77. The zero-order valence-electron chi connectivity index (χ0n) is 13.0. The predicted octanol–water partition coefficient (Wildman–Crippen LogP) is 6.47. The van der Waals surface area contributed by atoms with Crippen LogP contribution in [0.25, 0.3) is 22.2 Å². The van der Waals surface area contributed by atoms with E-state index in [0.717, 1.165) is 34.9 Å². The maximum absolute atomic E-state index is 11.7. The number of hydrogen-bond acceptors (Lipinski definition) is 1. The number of rotatable bonds is 4. The SMILES string of the molecule is CCC(C)c1ccc2[nH]c(-c3ccc(Cl)c(Cl)c3)c(C=O)c2c1. The Morgan fingerprint density at radius 3 is 2.57 bits per heavy atom. The van der Waals surface area contributed by atoms with Crippen LogP contribution in [0, 0.1) is 0 Å². The molecule has 0 aliphatic carbocycles. The van der Waals surface area contributed by atoms with Crippen molar-refractivity contribution in [1.29, 1.82) is 0 Å². The Kier molecular flexibility index (Phi) is 4.47. The molecule has 1 heterocycles. The fourth-order valence-corrected chi connectivity index (χ4v) is 3.07. The van der Waals surface area contributed by atoms with Crippen LogP contribution in [0.15, 0.2) is 36.4 Å². The highest BCUT2D eigenvalue weighted by molar-refractivity contribution is 6.42. The highest BCUT2D eigenvalue weighted by atomic mass is 35.5. The third-order valence-electron chi connectivity index (χ3n) is 4.37. The summed E-state index contributed by atoms with van der Waals surface area (Å²) in [5.74, 6) is 0.460. The molecule has 0 spiro atoms. The van der Waals surface area contributed by atoms with Crippen molar-refractivity contribution in [3.05, 3.63) is 57.6 Å². The molecule has 0 amide bonds. The molecule has 2 nitrogen and oxygen atoms in total. The van der Waals surface area contributed by atoms with Crippen LogP contribution >= 0.6 is 23.2 Å². The number of H-pyrrole nitrogens is 1. The lowest BCUT2D eigenvalue weighted by Crippen LogP contribution is -1.91. The lowest BCUT2D eigenvalue weighted by atomic mass is 9.96. The molecule has 118 valence electrons. The van der Waals surface area contributed by atoms with Gasteiger partial charge in [0, 0.05) is 22.0 Å². The van der Waals surface area contributed by atoms with E-state index < -0.39 is 0 Å². The topological polar surface area (TPSA) is 32.9 Å². The van der Waals surface area contributed by atoms with Crippen LogP contribution in [0.5, 0.6) is 0 Å².